The van der Waals surface area contributed by atoms with Crippen LogP contribution in [0.2, 0.25) is 5.15 Å². The molecule has 1 N–H and O–H groups in total. The van der Waals surface area contributed by atoms with Crippen LogP contribution in [0, 0.1) is 6.92 Å². The monoisotopic (exact) mass is 344 g/mol. The highest BCUT2D eigenvalue weighted by Gasteiger charge is 2.33. The predicted octanol–water partition coefficient (Wildman–Crippen LogP) is 2.78. The minimum atomic E-state index is -0.137. The predicted molar refractivity (Wildman–Crippen MR) is 89.0 cm³/mol. The molecular weight excluding hydrogens is 328 g/mol. The molecule has 1 amide bonds. The zero-order chi connectivity index (χ0) is 16.7. The number of rotatable bonds is 2. The first kappa shape index (κ1) is 15.1. The van der Waals surface area contributed by atoms with E-state index in [0.717, 1.165) is 25.1 Å². The van der Waals surface area contributed by atoms with Crippen LogP contribution in [0.5, 0.6) is 0 Å². The van der Waals surface area contributed by atoms with Crippen LogP contribution >= 0.6 is 11.6 Å². The van der Waals surface area contributed by atoms with Gasteiger partial charge in [0.15, 0.2) is 16.7 Å². The highest BCUT2D eigenvalue weighted by molar-refractivity contribution is 6.32. The van der Waals surface area contributed by atoms with Crippen LogP contribution in [-0.4, -0.2) is 41.9 Å². The quantitative estimate of drug-likeness (QED) is 0.775. The number of nitrogens with one attached hydrogen (secondary N) is 1. The lowest BCUT2D eigenvalue weighted by molar-refractivity contribution is 0.0593. The molecule has 0 aliphatic carbocycles. The fourth-order valence-corrected chi connectivity index (χ4v) is 3.51. The smallest absolute Gasteiger partial charge is 0.274 e. The molecule has 0 unspecified atom stereocenters. The minimum absolute atomic E-state index is 0.133. The lowest BCUT2D eigenvalue weighted by Crippen LogP contribution is -2.39. The topological polar surface area (TPSA) is 79.2 Å². The van der Waals surface area contributed by atoms with Crippen molar-refractivity contribution in [3.8, 4) is 0 Å². The first-order chi connectivity index (χ1) is 11.6. The third kappa shape index (κ3) is 2.45. The maximum absolute atomic E-state index is 13.2. The van der Waals surface area contributed by atoms with Gasteiger partial charge in [-0.3, -0.25) is 14.3 Å². The van der Waals surface area contributed by atoms with Crippen molar-refractivity contribution in [2.75, 3.05) is 6.54 Å². The number of aromatic amines is 1. The summed E-state index contributed by atoms with van der Waals surface area (Å²) in [6.07, 6.45) is 4.65. The third-order valence-corrected chi connectivity index (χ3v) is 4.63. The van der Waals surface area contributed by atoms with Crippen molar-refractivity contribution < 1.29 is 4.79 Å². The summed E-state index contributed by atoms with van der Waals surface area (Å²) >= 11 is 6.26. The summed E-state index contributed by atoms with van der Waals surface area (Å²) in [7, 11) is 0. The van der Waals surface area contributed by atoms with Gasteiger partial charge in [-0.05, 0) is 38.3 Å². The molecule has 7 nitrogen and oxygen atoms in total. The largest absolute Gasteiger partial charge is 0.327 e. The van der Waals surface area contributed by atoms with Crippen molar-refractivity contribution in [2.45, 2.75) is 32.2 Å². The molecule has 0 saturated carbocycles. The average molecular weight is 345 g/mol. The third-order valence-electron chi connectivity index (χ3n) is 4.37. The fourth-order valence-electron chi connectivity index (χ4n) is 3.25. The Morgan fingerprint density at radius 2 is 2.21 bits per heavy atom. The second kappa shape index (κ2) is 5.90. The fraction of sp³-hybridized carbons (Fsp3) is 0.375. The van der Waals surface area contributed by atoms with Crippen molar-refractivity contribution >= 4 is 23.2 Å². The highest BCUT2D eigenvalue weighted by atomic mass is 35.5. The number of amides is 1. The summed E-state index contributed by atoms with van der Waals surface area (Å²) < 4.78 is 1.74. The lowest BCUT2D eigenvalue weighted by Gasteiger charge is -2.33. The first-order valence-corrected chi connectivity index (χ1v) is 8.35. The summed E-state index contributed by atoms with van der Waals surface area (Å²) in [5.41, 5.74) is 1.06. The molecular formula is C16H17ClN6O. The van der Waals surface area contributed by atoms with Crippen LogP contribution in [0.15, 0.2) is 24.4 Å². The molecule has 1 fully saturated rings. The van der Waals surface area contributed by atoms with Crippen molar-refractivity contribution in [3.63, 3.8) is 0 Å². The van der Waals surface area contributed by atoms with Gasteiger partial charge in [0.1, 0.15) is 11.5 Å². The van der Waals surface area contributed by atoms with Crippen molar-refractivity contribution in [3.05, 3.63) is 46.9 Å². The average Bonchev–Trinajstić information content (AvgIpc) is 3.16. The molecule has 3 aromatic rings. The van der Waals surface area contributed by atoms with Gasteiger partial charge in [-0.2, -0.15) is 5.10 Å². The van der Waals surface area contributed by atoms with Gasteiger partial charge in [0.25, 0.3) is 5.91 Å². The lowest BCUT2D eigenvalue weighted by atomic mass is 10.0. The van der Waals surface area contributed by atoms with Crippen LogP contribution in [0.25, 0.3) is 5.65 Å². The molecule has 1 saturated heterocycles. The first-order valence-electron chi connectivity index (χ1n) is 7.97. The van der Waals surface area contributed by atoms with Crippen LogP contribution in [0.4, 0.5) is 0 Å². The van der Waals surface area contributed by atoms with E-state index in [1.54, 1.807) is 10.6 Å². The number of fused-ring (bicyclic) bond motifs is 1. The number of nitrogens with zero attached hydrogens (tertiary/aromatic N) is 5. The molecule has 1 aliphatic rings. The zero-order valence-corrected chi connectivity index (χ0v) is 14.0. The normalized spacial score (nSPS) is 18.2. The molecule has 1 aliphatic heterocycles. The number of aryl methyl sites for hydroxylation is 1. The zero-order valence-electron chi connectivity index (χ0n) is 13.2. The van der Waals surface area contributed by atoms with Crippen molar-refractivity contribution in [1.82, 2.24) is 29.5 Å². The number of hydrogen-bond donors (Lipinski definition) is 1. The van der Waals surface area contributed by atoms with Crippen LogP contribution < -0.4 is 0 Å². The SMILES string of the molecule is Cc1nc([C@@H]2CCCCN2C(=O)c2c(Cl)nc3ccccn23)n[nH]1. The number of H-pyrrole nitrogens is 1. The van der Waals surface area contributed by atoms with E-state index in [9.17, 15) is 4.79 Å². The number of carbonyl (C=O) groups excluding carboxylic acids is 1. The van der Waals surface area contributed by atoms with Gasteiger partial charge in [0, 0.05) is 12.7 Å². The number of pyridine rings is 1. The Morgan fingerprint density at radius 3 is 3.00 bits per heavy atom. The Morgan fingerprint density at radius 1 is 1.33 bits per heavy atom. The van der Waals surface area contributed by atoms with Gasteiger partial charge in [-0.25, -0.2) is 9.97 Å². The Bertz CT molecular complexity index is 901. The number of hydrogen-bond acceptors (Lipinski definition) is 4. The highest BCUT2D eigenvalue weighted by Crippen LogP contribution is 2.31. The van der Waals surface area contributed by atoms with Crippen molar-refractivity contribution in [1.29, 1.82) is 0 Å². The minimum Gasteiger partial charge on any atom is -0.327 e. The van der Waals surface area contributed by atoms with E-state index in [0.29, 0.717) is 23.7 Å². The Labute approximate surface area is 143 Å². The Balaban J connectivity index is 1.74. The maximum atomic E-state index is 13.2. The van der Waals surface area contributed by atoms with Gasteiger partial charge < -0.3 is 4.90 Å². The summed E-state index contributed by atoms with van der Waals surface area (Å²) in [6.45, 7) is 2.51. The van der Waals surface area contributed by atoms with Gasteiger partial charge in [-0.1, -0.05) is 17.7 Å². The van der Waals surface area contributed by atoms with E-state index in [1.165, 1.54) is 0 Å². The molecule has 0 bridgehead atoms. The summed E-state index contributed by atoms with van der Waals surface area (Å²) in [6, 6.07) is 5.41. The van der Waals surface area contributed by atoms with E-state index < -0.39 is 0 Å². The van der Waals surface area contributed by atoms with Crippen LogP contribution in [0.1, 0.15) is 47.4 Å². The summed E-state index contributed by atoms with van der Waals surface area (Å²) in [5, 5.41) is 7.34. The van der Waals surface area contributed by atoms with Crippen molar-refractivity contribution in [2.24, 2.45) is 0 Å². The molecule has 4 rings (SSSR count). The van der Waals surface area contributed by atoms with E-state index in [1.807, 2.05) is 30.0 Å². The Kier molecular flexibility index (Phi) is 3.72. The van der Waals surface area contributed by atoms with E-state index in [2.05, 4.69) is 20.2 Å². The second-order valence-corrected chi connectivity index (χ2v) is 6.33. The van der Waals surface area contributed by atoms with E-state index in [4.69, 9.17) is 11.6 Å². The molecule has 1 atom stereocenters. The molecule has 8 heteroatoms. The molecule has 124 valence electrons. The molecule has 3 aromatic heterocycles. The Hall–Kier alpha value is -2.41. The van der Waals surface area contributed by atoms with Crippen LogP contribution in [-0.2, 0) is 0 Å². The molecule has 0 radical (unpaired) electrons. The van der Waals surface area contributed by atoms with Crippen LogP contribution in [0.3, 0.4) is 0 Å². The number of likely N-dealkylation sites (tertiary alicyclic amines) is 1. The maximum Gasteiger partial charge on any atom is 0.274 e. The van der Waals surface area contributed by atoms with Gasteiger partial charge in [-0.15, -0.1) is 0 Å². The number of carbonyl (C=O) groups is 1. The summed E-state index contributed by atoms with van der Waals surface area (Å²) in [4.78, 5) is 23.7. The number of halogens is 1. The molecule has 4 heterocycles. The number of imidazole rings is 1. The van der Waals surface area contributed by atoms with Gasteiger partial charge in [0.2, 0.25) is 0 Å². The second-order valence-electron chi connectivity index (χ2n) is 5.97. The van der Waals surface area contributed by atoms with E-state index >= 15 is 0 Å². The summed E-state index contributed by atoms with van der Waals surface area (Å²) in [5.74, 6) is 1.27. The molecule has 0 spiro atoms. The van der Waals surface area contributed by atoms with Gasteiger partial charge in [0.05, 0.1) is 6.04 Å². The molecule has 24 heavy (non-hydrogen) atoms. The number of piperidine rings is 1. The van der Waals surface area contributed by atoms with E-state index in [-0.39, 0.29) is 17.1 Å². The number of aromatic nitrogens is 5. The van der Waals surface area contributed by atoms with Gasteiger partial charge >= 0.3 is 0 Å². The standard InChI is InChI=1S/C16H17ClN6O/c1-10-18-15(21-20-10)11-6-2-4-8-22(11)16(24)13-14(17)19-12-7-3-5-9-23(12)13/h3,5,7,9,11H,2,4,6,8H2,1H3,(H,18,20,21)/t11-/m0/s1. The molecule has 0 aromatic carbocycles.